The highest BCUT2D eigenvalue weighted by atomic mass is 15.3. The minimum atomic E-state index is 0.495. The summed E-state index contributed by atoms with van der Waals surface area (Å²) in [6, 6.07) is 8.72. The highest BCUT2D eigenvalue weighted by Gasteiger charge is 2.21. The lowest BCUT2D eigenvalue weighted by molar-refractivity contribution is 0.449. The van der Waals surface area contributed by atoms with E-state index in [1.807, 2.05) is 0 Å². The van der Waals surface area contributed by atoms with Gasteiger partial charge in [-0.3, -0.25) is 0 Å². The van der Waals surface area contributed by atoms with Crippen LogP contribution in [0, 0.1) is 5.92 Å². The van der Waals surface area contributed by atoms with Crippen LogP contribution >= 0.6 is 0 Å². The van der Waals surface area contributed by atoms with Crippen LogP contribution in [0.1, 0.15) is 36.7 Å². The van der Waals surface area contributed by atoms with Gasteiger partial charge in [0.1, 0.15) is 12.2 Å². The first-order valence-electron chi connectivity index (χ1n) is 7.39. The molecule has 1 N–H and O–H groups in total. The van der Waals surface area contributed by atoms with Gasteiger partial charge in [-0.15, -0.1) is 0 Å². The molecule has 106 valence electrons. The number of nitrogens with zero attached hydrogens (tertiary/aromatic N) is 3. The third kappa shape index (κ3) is 2.75. The summed E-state index contributed by atoms with van der Waals surface area (Å²) in [5.74, 6) is 2.18. The molecule has 4 nitrogen and oxygen atoms in total. The molecule has 1 aromatic carbocycles. The molecule has 1 aliphatic heterocycles. The molecule has 3 rings (SSSR count). The van der Waals surface area contributed by atoms with E-state index in [-0.39, 0.29) is 0 Å². The second-order valence-corrected chi connectivity index (χ2v) is 5.98. The van der Waals surface area contributed by atoms with E-state index in [4.69, 9.17) is 0 Å². The predicted molar refractivity (Wildman–Crippen MR) is 79.5 cm³/mol. The van der Waals surface area contributed by atoms with E-state index in [0.717, 1.165) is 31.9 Å². The van der Waals surface area contributed by atoms with Crippen LogP contribution in [-0.4, -0.2) is 21.3 Å². The van der Waals surface area contributed by atoms with Gasteiger partial charge in [-0.2, -0.15) is 5.10 Å². The number of hydrogen-bond donors (Lipinski definition) is 1. The molecule has 20 heavy (non-hydrogen) atoms. The Morgan fingerprint density at radius 2 is 2.20 bits per heavy atom. The van der Waals surface area contributed by atoms with Gasteiger partial charge >= 0.3 is 0 Å². The van der Waals surface area contributed by atoms with Crippen LogP contribution in [-0.2, 0) is 19.5 Å². The summed E-state index contributed by atoms with van der Waals surface area (Å²) >= 11 is 0. The van der Waals surface area contributed by atoms with Gasteiger partial charge in [-0.1, -0.05) is 38.1 Å². The Morgan fingerprint density at radius 1 is 1.35 bits per heavy atom. The average molecular weight is 270 g/mol. The highest BCUT2D eigenvalue weighted by Crippen LogP contribution is 2.26. The van der Waals surface area contributed by atoms with Crippen molar-refractivity contribution in [3.63, 3.8) is 0 Å². The van der Waals surface area contributed by atoms with Crippen LogP contribution < -0.4 is 5.32 Å². The topological polar surface area (TPSA) is 42.7 Å². The summed E-state index contributed by atoms with van der Waals surface area (Å²) in [6.45, 7) is 7.36. The summed E-state index contributed by atoms with van der Waals surface area (Å²) in [6.07, 6.45) is 2.64. The van der Waals surface area contributed by atoms with Crippen LogP contribution in [0.25, 0.3) is 0 Å². The van der Waals surface area contributed by atoms with Gasteiger partial charge < -0.3 is 5.32 Å². The first kappa shape index (κ1) is 13.3. The fourth-order valence-electron chi connectivity index (χ4n) is 2.93. The standard InChI is InChI=1S/C16H22N4/c1-12(2)10-20-16(18-11-19-20)7-14-9-17-8-13-5-3-4-6-15(13)14/h3-6,11-12,14,17H,7-10H2,1-2H3. The van der Waals surface area contributed by atoms with Gasteiger partial charge in [-0.25, -0.2) is 9.67 Å². The summed E-state index contributed by atoms with van der Waals surface area (Å²) in [5, 5.41) is 7.87. The van der Waals surface area contributed by atoms with Crippen molar-refractivity contribution in [2.45, 2.75) is 39.3 Å². The van der Waals surface area contributed by atoms with E-state index in [1.165, 1.54) is 11.1 Å². The summed E-state index contributed by atoms with van der Waals surface area (Å²) in [5.41, 5.74) is 2.88. The number of benzene rings is 1. The van der Waals surface area contributed by atoms with Gasteiger partial charge in [0.05, 0.1) is 0 Å². The van der Waals surface area contributed by atoms with E-state index < -0.39 is 0 Å². The van der Waals surface area contributed by atoms with Crippen LogP contribution in [0.2, 0.25) is 0 Å². The maximum Gasteiger partial charge on any atom is 0.138 e. The maximum absolute atomic E-state index is 4.46. The first-order valence-corrected chi connectivity index (χ1v) is 7.39. The molecule has 0 radical (unpaired) electrons. The van der Waals surface area contributed by atoms with Crippen molar-refractivity contribution in [1.82, 2.24) is 20.1 Å². The minimum Gasteiger partial charge on any atom is -0.312 e. The Labute approximate surface area is 120 Å². The molecule has 2 aromatic rings. The number of nitrogens with one attached hydrogen (secondary N) is 1. The van der Waals surface area contributed by atoms with Crippen LogP contribution in [0.4, 0.5) is 0 Å². The fraction of sp³-hybridized carbons (Fsp3) is 0.500. The van der Waals surface area contributed by atoms with Crippen LogP contribution in [0.15, 0.2) is 30.6 Å². The van der Waals surface area contributed by atoms with Gasteiger partial charge in [0.25, 0.3) is 0 Å². The molecule has 1 aromatic heterocycles. The Hall–Kier alpha value is -1.68. The largest absolute Gasteiger partial charge is 0.312 e. The molecule has 4 heteroatoms. The van der Waals surface area contributed by atoms with E-state index >= 15 is 0 Å². The summed E-state index contributed by atoms with van der Waals surface area (Å²) in [7, 11) is 0. The second kappa shape index (κ2) is 5.75. The number of fused-ring (bicyclic) bond motifs is 1. The zero-order valence-corrected chi connectivity index (χ0v) is 12.2. The smallest absolute Gasteiger partial charge is 0.138 e. The molecule has 0 aliphatic carbocycles. The van der Waals surface area contributed by atoms with E-state index in [1.54, 1.807) is 6.33 Å². The van der Waals surface area contributed by atoms with E-state index in [0.29, 0.717) is 11.8 Å². The van der Waals surface area contributed by atoms with Crippen molar-refractivity contribution >= 4 is 0 Å². The highest BCUT2D eigenvalue weighted by molar-refractivity contribution is 5.33. The summed E-state index contributed by atoms with van der Waals surface area (Å²) < 4.78 is 2.06. The van der Waals surface area contributed by atoms with Crippen molar-refractivity contribution in [3.8, 4) is 0 Å². The maximum atomic E-state index is 4.46. The Morgan fingerprint density at radius 3 is 3.05 bits per heavy atom. The number of hydrogen-bond acceptors (Lipinski definition) is 3. The van der Waals surface area contributed by atoms with Crippen molar-refractivity contribution in [2.24, 2.45) is 5.92 Å². The molecule has 0 fully saturated rings. The average Bonchev–Trinajstić information content (AvgIpc) is 2.86. The van der Waals surface area contributed by atoms with E-state index in [9.17, 15) is 0 Å². The van der Waals surface area contributed by atoms with Crippen molar-refractivity contribution in [3.05, 3.63) is 47.5 Å². The minimum absolute atomic E-state index is 0.495. The zero-order valence-electron chi connectivity index (χ0n) is 12.2. The SMILES string of the molecule is CC(C)Cn1ncnc1CC1CNCc2ccccc21. The molecule has 1 aliphatic rings. The van der Waals surface area contributed by atoms with Gasteiger partial charge in [0.2, 0.25) is 0 Å². The molecule has 2 heterocycles. The molecular weight excluding hydrogens is 248 g/mol. The van der Waals surface area contributed by atoms with Crippen molar-refractivity contribution in [2.75, 3.05) is 6.54 Å². The van der Waals surface area contributed by atoms with Gasteiger partial charge in [0, 0.05) is 32.0 Å². The molecule has 0 bridgehead atoms. The molecule has 0 amide bonds. The zero-order chi connectivity index (χ0) is 13.9. The molecular formula is C16H22N4. The predicted octanol–water partition coefficient (Wildman–Crippen LogP) is 2.36. The van der Waals surface area contributed by atoms with E-state index in [2.05, 4.69) is 58.2 Å². The number of rotatable bonds is 4. The van der Waals surface area contributed by atoms with Crippen molar-refractivity contribution < 1.29 is 0 Å². The third-order valence-corrected chi connectivity index (χ3v) is 3.86. The van der Waals surface area contributed by atoms with Crippen LogP contribution in [0.3, 0.4) is 0 Å². The molecule has 1 unspecified atom stereocenters. The lowest BCUT2D eigenvalue weighted by Gasteiger charge is -2.26. The Balaban J connectivity index is 1.81. The fourth-order valence-corrected chi connectivity index (χ4v) is 2.93. The van der Waals surface area contributed by atoms with Gasteiger partial charge in [0.15, 0.2) is 0 Å². The first-order chi connectivity index (χ1) is 9.74. The number of aromatic nitrogens is 3. The molecule has 1 atom stereocenters. The lowest BCUT2D eigenvalue weighted by Crippen LogP contribution is -2.30. The van der Waals surface area contributed by atoms with Gasteiger partial charge in [-0.05, 0) is 17.0 Å². The Kier molecular flexibility index (Phi) is 3.83. The molecule has 0 saturated heterocycles. The normalized spacial score (nSPS) is 18.2. The monoisotopic (exact) mass is 270 g/mol. The quantitative estimate of drug-likeness (QED) is 0.927. The third-order valence-electron chi connectivity index (χ3n) is 3.86. The molecule has 0 saturated carbocycles. The summed E-state index contributed by atoms with van der Waals surface area (Å²) in [4.78, 5) is 4.46. The lowest BCUT2D eigenvalue weighted by atomic mass is 9.88. The van der Waals surface area contributed by atoms with Crippen LogP contribution in [0.5, 0.6) is 0 Å². The second-order valence-electron chi connectivity index (χ2n) is 5.98. The Bertz CT molecular complexity index is 573. The molecule has 0 spiro atoms. The van der Waals surface area contributed by atoms with Crippen molar-refractivity contribution in [1.29, 1.82) is 0 Å².